The van der Waals surface area contributed by atoms with Gasteiger partial charge in [0.05, 0.1) is 2.74 Å². The molecule has 3 heteroatoms. The van der Waals surface area contributed by atoms with Crippen LogP contribution in [0.3, 0.4) is 0 Å². The second kappa shape index (κ2) is 2.43. The zero-order chi connectivity index (χ0) is 11.1. The molecule has 0 saturated heterocycles. The summed E-state index contributed by atoms with van der Waals surface area (Å²) in [4.78, 5) is 3.02. The van der Waals surface area contributed by atoms with E-state index in [1.807, 2.05) is 0 Å². The Labute approximate surface area is 68.1 Å². The Balaban J connectivity index is 3.53. The predicted molar refractivity (Wildman–Crippen MR) is 36.6 cm³/mol. The van der Waals surface area contributed by atoms with Gasteiger partial charge >= 0.3 is 0 Å². The SMILES string of the molecule is [2H]c1nc(F)c([2H])c(Br)c1C([2H])([2H])[2H]. The Morgan fingerprint density at radius 3 is 3.44 bits per heavy atom. The van der Waals surface area contributed by atoms with E-state index in [9.17, 15) is 4.39 Å². The van der Waals surface area contributed by atoms with Crippen LogP contribution >= 0.6 is 15.9 Å². The molecule has 1 heterocycles. The van der Waals surface area contributed by atoms with Gasteiger partial charge in [0.2, 0.25) is 5.95 Å². The first-order valence-electron chi connectivity index (χ1n) is 4.58. The van der Waals surface area contributed by atoms with Crippen molar-refractivity contribution in [1.29, 1.82) is 0 Å². The first kappa shape index (κ1) is 2.66. The van der Waals surface area contributed by atoms with Crippen molar-refractivity contribution in [3.8, 4) is 0 Å². The van der Waals surface area contributed by atoms with E-state index in [1.54, 1.807) is 0 Å². The normalized spacial score (nSPS) is 19.1. The van der Waals surface area contributed by atoms with Gasteiger partial charge in [0, 0.05) is 20.8 Å². The van der Waals surface area contributed by atoms with Crippen LogP contribution in [-0.4, -0.2) is 4.98 Å². The number of hydrogen-bond donors (Lipinski definition) is 0. The Hall–Kier alpha value is -0.440. The Morgan fingerprint density at radius 2 is 2.78 bits per heavy atom. The van der Waals surface area contributed by atoms with Gasteiger partial charge in [-0.3, -0.25) is 0 Å². The summed E-state index contributed by atoms with van der Waals surface area (Å²) >= 11 is 2.77. The van der Waals surface area contributed by atoms with E-state index in [4.69, 9.17) is 6.85 Å². The molecule has 1 rings (SSSR count). The van der Waals surface area contributed by atoms with Crippen LogP contribution in [0.2, 0.25) is 0 Å². The average Bonchev–Trinajstić information content (AvgIpc) is 1.97. The highest BCUT2D eigenvalue weighted by Crippen LogP contribution is 2.13. The third-order valence-electron chi connectivity index (χ3n) is 0.698. The summed E-state index contributed by atoms with van der Waals surface area (Å²) in [5, 5.41) is 0. The molecule has 1 aromatic rings. The molecule has 1 nitrogen and oxygen atoms in total. The summed E-state index contributed by atoms with van der Waals surface area (Å²) < 4.78 is 48.0. The largest absolute Gasteiger partial charge is 0.228 e. The minimum atomic E-state index is -2.58. The van der Waals surface area contributed by atoms with Crippen molar-refractivity contribution in [2.75, 3.05) is 0 Å². The average molecular weight is 195 g/mol. The highest BCUT2D eigenvalue weighted by molar-refractivity contribution is 9.10. The maximum absolute atomic E-state index is 12.8. The van der Waals surface area contributed by atoms with Gasteiger partial charge in [0.15, 0.2) is 0 Å². The molecule has 0 unspecified atom stereocenters. The molecule has 0 fully saturated rings. The van der Waals surface area contributed by atoms with Crippen LogP contribution in [0.5, 0.6) is 0 Å². The number of halogens is 2. The summed E-state index contributed by atoms with van der Waals surface area (Å²) in [7, 11) is 0. The summed E-state index contributed by atoms with van der Waals surface area (Å²) in [5.74, 6) is -1.16. The number of rotatable bonds is 0. The topological polar surface area (TPSA) is 12.9 Å². The van der Waals surface area contributed by atoms with Crippen molar-refractivity contribution in [2.45, 2.75) is 6.85 Å². The lowest BCUT2D eigenvalue weighted by Gasteiger charge is -1.93. The van der Waals surface area contributed by atoms with E-state index in [0.29, 0.717) is 0 Å². The molecule has 0 aliphatic carbocycles. The zero-order valence-corrected chi connectivity index (χ0v) is 5.79. The standard InChI is InChI=1S/C6H5BrFN/c1-4-3-9-6(8)2-5(4)7/h2-3H,1H3/i1D3,2D,3D. The third-order valence-corrected chi connectivity index (χ3v) is 1.29. The Kier molecular flexibility index (Phi) is 0.720. The van der Waals surface area contributed by atoms with Crippen LogP contribution < -0.4 is 0 Å². The highest BCUT2D eigenvalue weighted by Gasteiger charge is 1.95. The summed E-state index contributed by atoms with van der Waals surface area (Å²) in [5.41, 5.74) is -0.441. The maximum atomic E-state index is 12.8. The quantitative estimate of drug-likeness (QED) is 0.578. The fourth-order valence-electron chi connectivity index (χ4n) is 0.335. The number of pyridine rings is 1. The zero-order valence-electron chi connectivity index (χ0n) is 9.20. The van der Waals surface area contributed by atoms with E-state index in [0.717, 1.165) is 0 Å². The van der Waals surface area contributed by atoms with Crippen LogP contribution in [0.4, 0.5) is 4.39 Å². The van der Waals surface area contributed by atoms with Crippen molar-refractivity contribution in [2.24, 2.45) is 0 Å². The fourth-order valence-corrected chi connectivity index (χ4v) is 0.587. The lowest BCUT2D eigenvalue weighted by Crippen LogP contribution is -1.83. The smallest absolute Gasteiger partial charge is 0.213 e. The monoisotopic (exact) mass is 194 g/mol. The minimum absolute atomic E-state index is 0.241. The van der Waals surface area contributed by atoms with Gasteiger partial charge in [-0.05, 0) is 12.4 Å². The molecule has 0 aliphatic heterocycles. The number of aromatic nitrogens is 1. The molecule has 0 amide bonds. The third kappa shape index (κ3) is 1.48. The summed E-state index contributed by atoms with van der Waals surface area (Å²) in [6.07, 6.45) is -0.676. The van der Waals surface area contributed by atoms with Crippen molar-refractivity contribution in [1.82, 2.24) is 4.98 Å². The van der Waals surface area contributed by atoms with Gasteiger partial charge in [-0.25, -0.2) is 4.98 Å². The van der Waals surface area contributed by atoms with Crippen molar-refractivity contribution in [3.05, 3.63) is 28.2 Å². The second-order valence-corrected chi connectivity index (χ2v) is 2.12. The van der Waals surface area contributed by atoms with Gasteiger partial charge in [0.1, 0.15) is 0 Å². The molecule has 48 valence electrons. The van der Waals surface area contributed by atoms with Gasteiger partial charge in [-0.2, -0.15) is 4.39 Å². The van der Waals surface area contributed by atoms with Gasteiger partial charge in [-0.1, -0.05) is 15.9 Å². The van der Waals surface area contributed by atoms with E-state index >= 15 is 0 Å². The van der Waals surface area contributed by atoms with E-state index in [-0.39, 0.29) is 4.47 Å². The molecule has 9 heavy (non-hydrogen) atoms. The fraction of sp³-hybridized carbons (Fsp3) is 0.167. The predicted octanol–water partition coefficient (Wildman–Crippen LogP) is 2.29. The Bertz CT molecular complexity index is 377. The Morgan fingerprint density at radius 1 is 2.00 bits per heavy atom. The second-order valence-electron chi connectivity index (χ2n) is 1.33. The number of hydrogen-bond acceptors (Lipinski definition) is 1. The lowest BCUT2D eigenvalue weighted by atomic mass is 10.3. The van der Waals surface area contributed by atoms with Crippen LogP contribution in [-0.2, 0) is 0 Å². The van der Waals surface area contributed by atoms with E-state index in [1.165, 1.54) is 0 Å². The molecular weight excluding hydrogens is 185 g/mol. The minimum Gasteiger partial charge on any atom is -0.228 e. The van der Waals surface area contributed by atoms with Gasteiger partial charge in [0.25, 0.3) is 0 Å². The van der Waals surface area contributed by atoms with E-state index < -0.39 is 30.6 Å². The molecule has 0 N–H and O–H groups in total. The van der Waals surface area contributed by atoms with Crippen molar-refractivity contribution < 1.29 is 11.2 Å². The molecule has 0 atom stereocenters. The van der Waals surface area contributed by atoms with Crippen molar-refractivity contribution in [3.63, 3.8) is 0 Å². The molecule has 0 aliphatic rings. The van der Waals surface area contributed by atoms with Crippen LogP contribution in [0.15, 0.2) is 16.7 Å². The van der Waals surface area contributed by atoms with Crippen LogP contribution in [0, 0.1) is 12.8 Å². The van der Waals surface area contributed by atoms with Gasteiger partial charge < -0.3 is 0 Å². The van der Waals surface area contributed by atoms with Crippen molar-refractivity contribution >= 4 is 15.9 Å². The molecular formula is C6H5BrFN. The highest BCUT2D eigenvalue weighted by atomic mass is 79.9. The number of nitrogens with zero attached hydrogens (tertiary/aromatic N) is 1. The van der Waals surface area contributed by atoms with Gasteiger partial charge in [-0.15, -0.1) is 0 Å². The summed E-state index contributed by atoms with van der Waals surface area (Å²) in [6.45, 7) is -2.58. The first-order chi connectivity index (χ1) is 6.25. The van der Waals surface area contributed by atoms with Crippen LogP contribution in [0.25, 0.3) is 0 Å². The molecule has 0 spiro atoms. The lowest BCUT2D eigenvalue weighted by molar-refractivity contribution is 0.582. The maximum Gasteiger partial charge on any atom is 0.213 e. The molecule has 0 aromatic carbocycles. The summed E-state index contributed by atoms with van der Waals surface area (Å²) in [6, 6.07) is -0.646. The van der Waals surface area contributed by atoms with E-state index in [2.05, 4.69) is 20.9 Å². The van der Waals surface area contributed by atoms with Crippen LogP contribution in [0.1, 0.15) is 12.4 Å². The molecule has 0 saturated carbocycles. The molecule has 0 radical (unpaired) electrons. The first-order valence-corrected chi connectivity index (χ1v) is 2.87. The molecule has 1 aromatic heterocycles. The molecule has 0 bridgehead atoms.